The van der Waals surface area contributed by atoms with Crippen molar-refractivity contribution in [3.05, 3.63) is 0 Å². The predicted octanol–water partition coefficient (Wildman–Crippen LogP) is 0.921. The second-order valence-electron chi connectivity index (χ2n) is 3.55. The fraction of sp³-hybridized carbons (Fsp3) is 0.875. The van der Waals surface area contributed by atoms with Crippen molar-refractivity contribution in [3.63, 3.8) is 0 Å². The van der Waals surface area contributed by atoms with E-state index in [1.165, 1.54) is 12.8 Å². The maximum Gasteiger partial charge on any atom is 0.225 e. The highest BCUT2D eigenvalue weighted by Gasteiger charge is 2.43. The monoisotopic (exact) mass is 139 g/mol. The fourth-order valence-electron chi connectivity index (χ4n) is 2.13. The molecule has 0 aromatic heterocycles. The van der Waals surface area contributed by atoms with E-state index in [1.54, 1.807) is 0 Å². The summed E-state index contributed by atoms with van der Waals surface area (Å²) in [5, 5.41) is 2.96. The quantitative estimate of drug-likeness (QED) is 0.497. The minimum Gasteiger partial charge on any atom is -0.352 e. The Labute approximate surface area is 61.0 Å². The van der Waals surface area contributed by atoms with E-state index in [4.69, 9.17) is 0 Å². The molecule has 1 aliphatic heterocycles. The molecule has 2 fully saturated rings. The Hall–Kier alpha value is -0.530. The van der Waals surface area contributed by atoms with Crippen LogP contribution in [0.1, 0.15) is 26.2 Å². The van der Waals surface area contributed by atoms with Crippen LogP contribution in [0.4, 0.5) is 0 Å². The van der Waals surface area contributed by atoms with Crippen LogP contribution in [0, 0.1) is 11.8 Å². The summed E-state index contributed by atoms with van der Waals surface area (Å²) in [5.74, 6) is 1.39. The normalized spacial score (nSPS) is 45.3. The van der Waals surface area contributed by atoms with E-state index in [0.717, 1.165) is 12.3 Å². The first-order chi connectivity index (χ1) is 4.79. The third-order valence-corrected chi connectivity index (χ3v) is 2.87. The molecule has 1 saturated carbocycles. The first-order valence-electron chi connectivity index (χ1n) is 4.09. The molecule has 3 atom stereocenters. The number of amides is 1. The molecule has 3 unspecified atom stereocenters. The smallest absolute Gasteiger partial charge is 0.225 e. The van der Waals surface area contributed by atoms with Gasteiger partial charge in [-0.2, -0.15) is 0 Å². The molecule has 0 spiro atoms. The standard InChI is InChI=1S/C8H13NO/c1-5-3-2-4-6-7(5)9-8(6)10/h5-7H,2-4H2,1H3,(H,9,10). The second kappa shape index (κ2) is 1.97. The fourth-order valence-corrected chi connectivity index (χ4v) is 2.13. The highest BCUT2D eigenvalue weighted by atomic mass is 16.2. The summed E-state index contributed by atoms with van der Waals surface area (Å²) >= 11 is 0. The minimum absolute atomic E-state index is 0.288. The van der Waals surface area contributed by atoms with Gasteiger partial charge in [-0.3, -0.25) is 4.79 Å². The summed E-state index contributed by atoms with van der Waals surface area (Å²) in [4.78, 5) is 10.9. The van der Waals surface area contributed by atoms with Gasteiger partial charge in [0.05, 0.1) is 5.92 Å². The summed E-state index contributed by atoms with van der Waals surface area (Å²) in [6.45, 7) is 2.23. The van der Waals surface area contributed by atoms with E-state index in [0.29, 0.717) is 12.0 Å². The maximum absolute atomic E-state index is 10.9. The summed E-state index contributed by atoms with van der Waals surface area (Å²) in [5.41, 5.74) is 0. The van der Waals surface area contributed by atoms with E-state index in [2.05, 4.69) is 12.2 Å². The Morgan fingerprint density at radius 1 is 1.50 bits per heavy atom. The summed E-state index contributed by atoms with van der Waals surface area (Å²) in [6.07, 6.45) is 3.66. The molecular formula is C8H13NO. The van der Waals surface area contributed by atoms with Gasteiger partial charge in [0, 0.05) is 6.04 Å². The van der Waals surface area contributed by atoms with Crippen molar-refractivity contribution >= 4 is 5.91 Å². The maximum atomic E-state index is 10.9. The van der Waals surface area contributed by atoms with Crippen LogP contribution in [0.3, 0.4) is 0 Å². The topological polar surface area (TPSA) is 29.1 Å². The molecule has 0 radical (unpaired) electrons. The van der Waals surface area contributed by atoms with Crippen LogP contribution >= 0.6 is 0 Å². The number of hydrogen-bond acceptors (Lipinski definition) is 1. The van der Waals surface area contributed by atoms with Gasteiger partial charge >= 0.3 is 0 Å². The molecule has 2 heteroatoms. The van der Waals surface area contributed by atoms with Crippen molar-refractivity contribution in [3.8, 4) is 0 Å². The SMILES string of the molecule is CC1CCCC2C(=O)NC12. The number of fused-ring (bicyclic) bond motifs is 1. The first kappa shape index (κ1) is 6.20. The molecule has 2 nitrogen and oxygen atoms in total. The lowest BCUT2D eigenvalue weighted by atomic mass is 9.72. The lowest BCUT2D eigenvalue weighted by Crippen LogP contribution is -2.62. The Balaban J connectivity index is 2.05. The highest BCUT2D eigenvalue weighted by molar-refractivity contribution is 5.86. The van der Waals surface area contributed by atoms with Gasteiger partial charge < -0.3 is 5.32 Å². The molecule has 0 bridgehead atoms. The van der Waals surface area contributed by atoms with Crippen LogP contribution in [-0.2, 0) is 4.79 Å². The van der Waals surface area contributed by atoms with Gasteiger partial charge in [-0.1, -0.05) is 13.3 Å². The second-order valence-corrected chi connectivity index (χ2v) is 3.55. The van der Waals surface area contributed by atoms with Crippen molar-refractivity contribution in [2.75, 3.05) is 0 Å². The summed E-state index contributed by atoms with van der Waals surface area (Å²) in [7, 11) is 0. The zero-order valence-corrected chi connectivity index (χ0v) is 6.26. The van der Waals surface area contributed by atoms with Crippen molar-refractivity contribution in [2.24, 2.45) is 11.8 Å². The molecule has 2 aliphatic rings. The molecule has 0 aromatic carbocycles. The van der Waals surface area contributed by atoms with Gasteiger partial charge in [-0.05, 0) is 18.8 Å². The van der Waals surface area contributed by atoms with Crippen LogP contribution in [0.2, 0.25) is 0 Å². The Morgan fingerprint density at radius 2 is 2.30 bits per heavy atom. The number of hydrogen-bond donors (Lipinski definition) is 1. The zero-order chi connectivity index (χ0) is 7.14. The van der Waals surface area contributed by atoms with Gasteiger partial charge in [0.1, 0.15) is 0 Å². The summed E-state index contributed by atoms with van der Waals surface area (Å²) in [6, 6.07) is 0.529. The van der Waals surface area contributed by atoms with Gasteiger partial charge in [0.2, 0.25) is 5.91 Å². The average Bonchev–Trinajstić information content (AvgIpc) is 1.91. The molecule has 10 heavy (non-hydrogen) atoms. The third-order valence-electron chi connectivity index (χ3n) is 2.87. The molecule has 1 amide bonds. The number of carbonyl (C=O) groups excluding carboxylic acids is 1. The zero-order valence-electron chi connectivity index (χ0n) is 6.26. The van der Waals surface area contributed by atoms with Crippen LogP contribution in [-0.4, -0.2) is 11.9 Å². The highest BCUT2D eigenvalue weighted by Crippen LogP contribution is 2.34. The van der Waals surface area contributed by atoms with E-state index in [-0.39, 0.29) is 5.91 Å². The summed E-state index contributed by atoms with van der Waals surface area (Å²) < 4.78 is 0. The van der Waals surface area contributed by atoms with Gasteiger partial charge in [0.25, 0.3) is 0 Å². The molecule has 1 N–H and O–H groups in total. The Kier molecular flexibility index (Phi) is 1.22. The van der Waals surface area contributed by atoms with Gasteiger partial charge in [-0.15, -0.1) is 0 Å². The van der Waals surface area contributed by atoms with E-state index in [1.807, 2.05) is 0 Å². The van der Waals surface area contributed by atoms with E-state index >= 15 is 0 Å². The van der Waals surface area contributed by atoms with Crippen LogP contribution in [0.25, 0.3) is 0 Å². The van der Waals surface area contributed by atoms with Crippen LogP contribution in [0.15, 0.2) is 0 Å². The predicted molar refractivity (Wildman–Crippen MR) is 38.4 cm³/mol. The lowest BCUT2D eigenvalue weighted by molar-refractivity contribution is -0.138. The van der Waals surface area contributed by atoms with Gasteiger partial charge in [0.15, 0.2) is 0 Å². The number of rotatable bonds is 0. The Bertz CT molecular complexity index is 167. The van der Waals surface area contributed by atoms with Gasteiger partial charge in [-0.25, -0.2) is 0 Å². The average molecular weight is 139 g/mol. The van der Waals surface area contributed by atoms with Crippen LogP contribution in [0.5, 0.6) is 0 Å². The van der Waals surface area contributed by atoms with Crippen LogP contribution < -0.4 is 5.32 Å². The number of carbonyl (C=O) groups is 1. The molecule has 2 rings (SSSR count). The molecular weight excluding hydrogens is 126 g/mol. The van der Waals surface area contributed by atoms with E-state index < -0.39 is 0 Å². The van der Waals surface area contributed by atoms with E-state index in [9.17, 15) is 4.79 Å². The number of nitrogens with one attached hydrogen (secondary N) is 1. The van der Waals surface area contributed by atoms with Crippen molar-refractivity contribution in [1.82, 2.24) is 5.32 Å². The van der Waals surface area contributed by atoms with Crippen molar-refractivity contribution in [2.45, 2.75) is 32.2 Å². The molecule has 56 valence electrons. The number of β-lactam (4-membered cyclic amide) rings is 1. The molecule has 1 saturated heterocycles. The minimum atomic E-state index is 0.288. The van der Waals surface area contributed by atoms with Crippen molar-refractivity contribution in [1.29, 1.82) is 0 Å². The largest absolute Gasteiger partial charge is 0.352 e. The Morgan fingerprint density at radius 3 is 2.90 bits per heavy atom. The first-order valence-corrected chi connectivity index (χ1v) is 4.09. The molecule has 1 aliphatic carbocycles. The lowest BCUT2D eigenvalue weighted by Gasteiger charge is -2.44. The molecule has 1 heterocycles. The third kappa shape index (κ3) is 0.678. The molecule has 0 aromatic rings. The van der Waals surface area contributed by atoms with Crippen molar-refractivity contribution < 1.29 is 4.79 Å².